The largest absolute Gasteiger partial charge is 0.482 e. The lowest BCUT2D eigenvalue weighted by Gasteiger charge is -2.27. The normalized spacial score (nSPS) is 27.7. The third-order valence-corrected chi connectivity index (χ3v) is 4.03. The average Bonchev–Trinajstić information content (AvgIpc) is 2.77. The van der Waals surface area contributed by atoms with E-state index >= 15 is 0 Å². The molecule has 0 saturated carbocycles. The smallest absolute Gasteiger partial charge is 0.262 e. The van der Waals surface area contributed by atoms with Gasteiger partial charge in [0, 0.05) is 25.6 Å². The molecule has 7 heteroatoms. The topological polar surface area (TPSA) is 106 Å². The highest BCUT2D eigenvalue weighted by Gasteiger charge is 2.39. The van der Waals surface area contributed by atoms with Crippen LogP contribution in [0.2, 0.25) is 0 Å². The van der Waals surface area contributed by atoms with Crippen LogP contribution in [0.1, 0.15) is 13.3 Å². The van der Waals surface area contributed by atoms with Gasteiger partial charge < -0.3 is 30.9 Å². The summed E-state index contributed by atoms with van der Waals surface area (Å²) in [5.74, 6) is 0.351. The van der Waals surface area contributed by atoms with Crippen LogP contribution in [0.25, 0.3) is 0 Å². The Morgan fingerprint density at radius 2 is 2.38 bits per heavy atom. The number of nitrogens with two attached hydrogens (primary N) is 1. The van der Waals surface area contributed by atoms with E-state index < -0.39 is 5.60 Å². The van der Waals surface area contributed by atoms with Crippen molar-refractivity contribution in [2.24, 2.45) is 0 Å². The molecule has 3 rings (SSSR count). The van der Waals surface area contributed by atoms with Gasteiger partial charge in [-0.2, -0.15) is 0 Å². The van der Waals surface area contributed by atoms with Crippen molar-refractivity contribution >= 4 is 23.0 Å². The Hall–Kier alpha value is -1.99. The minimum absolute atomic E-state index is 0.00613. The zero-order valence-corrected chi connectivity index (χ0v) is 11.8. The molecule has 1 aromatic carbocycles. The van der Waals surface area contributed by atoms with Gasteiger partial charge >= 0.3 is 0 Å². The number of anilines is 3. The van der Waals surface area contributed by atoms with Crippen molar-refractivity contribution in [1.82, 2.24) is 0 Å². The maximum atomic E-state index is 11.3. The summed E-state index contributed by atoms with van der Waals surface area (Å²) in [5, 5.41) is 16.3. The first kappa shape index (κ1) is 14.0. The molecule has 0 aliphatic carbocycles. The number of carbonyl (C=O) groups is 1. The summed E-state index contributed by atoms with van der Waals surface area (Å²) >= 11 is 0. The summed E-state index contributed by atoms with van der Waals surface area (Å²) in [6, 6.07) is 3.38. The van der Waals surface area contributed by atoms with E-state index in [0.717, 1.165) is 0 Å². The van der Waals surface area contributed by atoms with Crippen LogP contribution in [0.4, 0.5) is 17.1 Å². The maximum absolute atomic E-state index is 11.3. The molecule has 1 aromatic rings. The fourth-order valence-corrected chi connectivity index (χ4v) is 2.55. The second-order valence-corrected chi connectivity index (χ2v) is 5.49. The maximum Gasteiger partial charge on any atom is 0.262 e. The lowest BCUT2D eigenvalue weighted by atomic mass is 9.96. The molecule has 0 spiro atoms. The predicted molar refractivity (Wildman–Crippen MR) is 78.4 cm³/mol. The molecule has 21 heavy (non-hydrogen) atoms. The summed E-state index contributed by atoms with van der Waals surface area (Å²) in [6.07, 6.45) is 0.346. The molecular weight excluding hydrogens is 274 g/mol. The van der Waals surface area contributed by atoms with E-state index in [-0.39, 0.29) is 18.6 Å². The number of ether oxygens (including phenoxy) is 2. The van der Waals surface area contributed by atoms with Crippen molar-refractivity contribution in [2.75, 3.05) is 36.1 Å². The molecule has 0 radical (unpaired) electrons. The molecule has 2 atom stereocenters. The SMILES string of the molecule is CC1OCCC1(O)CNc1cc2c(cc1N)OCC(=O)N2. The lowest BCUT2D eigenvalue weighted by molar-refractivity contribution is -0.118. The van der Waals surface area contributed by atoms with Gasteiger partial charge in [-0.3, -0.25) is 4.79 Å². The molecule has 2 aliphatic rings. The first-order valence-electron chi connectivity index (χ1n) is 6.92. The van der Waals surface area contributed by atoms with Crippen LogP contribution in [0.5, 0.6) is 5.75 Å². The van der Waals surface area contributed by atoms with Crippen LogP contribution in [0, 0.1) is 0 Å². The second kappa shape index (κ2) is 5.09. The summed E-state index contributed by atoms with van der Waals surface area (Å²) in [5.41, 5.74) is 6.78. The number of hydrogen-bond donors (Lipinski definition) is 4. The molecule has 0 bridgehead atoms. The number of carbonyl (C=O) groups excluding carboxylic acids is 1. The molecule has 7 nitrogen and oxygen atoms in total. The minimum atomic E-state index is -0.915. The van der Waals surface area contributed by atoms with Crippen molar-refractivity contribution in [2.45, 2.75) is 25.0 Å². The Bertz CT molecular complexity index is 578. The van der Waals surface area contributed by atoms with E-state index in [0.29, 0.717) is 42.4 Å². The Morgan fingerprint density at radius 3 is 3.10 bits per heavy atom. The van der Waals surface area contributed by atoms with Gasteiger partial charge in [-0.1, -0.05) is 0 Å². The number of amides is 1. The van der Waals surface area contributed by atoms with Crippen LogP contribution < -0.4 is 21.1 Å². The number of hydrogen-bond acceptors (Lipinski definition) is 6. The van der Waals surface area contributed by atoms with E-state index in [4.69, 9.17) is 15.2 Å². The molecule has 0 aromatic heterocycles. The van der Waals surface area contributed by atoms with Crippen molar-refractivity contribution in [3.63, 3.8) is 0 Å². The van der Waals surface area contributed by atoms with E-state index in [1.807, 2.05) is 6.92 Å². The molecule has 114 valence electrons. The van der Waals surface area contributed by atoms with Crippen LogP contribution in [-0.4, -0.2) is 42.5 Å². The number of nitrogen functional groups attached to an aromatic ring is 1. The van der Waals surface area contributed by atoms with E-state index in [2.05, 4.69) is 10.6 Å². The summed E-state index contributed by atoms with van der Waals surface area (Å²) in [4.78, 5) is 11.3. The van der Waals surface area contributed by atoms with Gasteiger partial charge in [0.05, 0.1) is 23.2 Å². The third kappa shape index (κ3) is 2.62. The molecule has 2 heterocycles. The van der Waals surface area contributed by atoms with Crippen LogP contribution in [0.15, 0.2) is 12.1 Å². The van der Waals surface area contributed by atoms with Gasteiger partial charge in [-0.15, -0.1) is 0 Å². The fourth-order valence-electron chi connectivity index (χ4n) is 2.55. The Balaban J connectivity index is 1.76. The highest BCUT2D eigenvalue weighted by atomic mass is 16.5. The number of fused-ring (bicyclic) bond motifs is 1. The standard InChI is InChI=1S/C14H19N3O4/c1-8-14(19,2-3-20-8)7-16-10-5-11-12(4-9(10)15)21-6-13(18)17-11/h4-5,8,16,19H,2-3,6-7,15H2,1H3,(H,17,18). The third-order valence-electron chi connectivity index (χ3n) is 4.03. The monoisotopic (exact) mass is 293 g/mol. The number of benzene rings is 1. The van der Waals surface area contributed by atoms with Gasteiger partial charge in [0.15, 0.2) is 6.61 Å². The predicted octanol–water partition coefficient (Wildman–Crippen LogP) is 0.551. The first-order chi connectivity index (χ1) is 9.98. The van der Waals surface area contributed by atoms with E-state index in [9.17, 15) is 9.90 Å². The Kier molecular flexibility index (Phi) is 3.38. The molecular formula is C14H19N3O4. The average molecular weight is 293 g/mol. The Morgan fingerprint density at radius 1 is 1.57 bits per heavy atom. The van der Waals surface area contributed by atoms with Crippen LogP contribution >= 0.6 is 0 Å². The lowest BCUT2D eigenvalue weighted by Crippen LogP contribution is -2.43. The van der Waals surface area contributed by atoms with Gasteiger partial charge in [0.25, 0.3) is 5.91 Å². The van der Waals surface area contributed by atoms with Crippen molar-refractivity contribution < 1.29 is 19.4 Å². The first-order valence-corrected chi connectivity index (χ1v) is 6.92. The van der Waals surface area contributed by atoms with Crippen LogP contribution in [0.3, 0.4) is 0 Å². The van der Waals surface area contributed by atoms with Crippen LogP contribution in [-0.2, 0) is 9.53 Å². The highest BCUT2D eigenvalue weighted by molar-refractivity contribution is 5.97. The minimum Gasteiger partial charge on any atom is -0.482 e. The summed E-state index contributed by atoms with van der Waals surface area (Å²) in [6.45, 7) is 2.71. The van der Waals surface area contributed by atoms with Crippen molar-refractivity contribution in [3.05, 3.63) is 12.1 Å². The summed E-state index contributed by atoms with van der Waals surface area (Å²) < 4.78 is 10.7. The summed E-state index contributed by atoms with van der Waals surface area (Å²) in [7, 11) is 0. The highest BCUT2D eigenvalue weighted by Crippen LogP contribution is 2.36. The molecule has 2 unspecified atom stereocenters. The van der Waals surface area contributed by atoms with Gasteiger partial charge in [-0.05, 0) is 13.0 Å². The number of rotatable bonds is 3. The zero-order valence-electron chi connectivity index (χ0n) is 11.8. The van der Waals surface area contributed by atoms with Crippen molar-refractivity contribution in [3.8, 4) is 5.75 Å². The van der Waals surface area contributed by atoms with E-state index in [1.54, 1.807) is 12.1 Å². The second-order valence-electron chi connectivity index (χ2n) is 5.49. The molecule has 1 saturated heterocycles. The number of aliphatic hydroxyl groups is 1. The molecule has 1 amide bonds. The van der Waals surface area contributed by atoms with Crippen molar-refractivity contribution in [1.29, 1.82) is 0 Å². The Labute approximate surface area is 122 Å². The van der Waals surface area contributed by atoms with Gasteiger partial charge in [0.2, 0.25) is 0 Å². The fraction of sp³-hybridized carbons (Fsp3) is 0.500. The molecule has 2 aliphatic heterocycles. The number of nitrogens with one attached hydrogen (secondary N) is 2. The molecule has 5 N–H and O–H groups in total. The quantitative estimate of drug-likeness (QED) is 0.607. The zero-order chi connectivity index (χ0) is 15.0. The van der Waals surface area contributed by atoms with E-state index in [1.165, 1.54) is 0 Å². The van der Waals surface area contributed by atoms with Gasteiger partial charge in [0.1, 0.15) is 11.4 Å². The van der Waals surface area contributed by atoms with Gasteiger partial charge in [-0.25, -0.2) is 0 Å². The molecule has 1 fully saturated rings.